The molecule has 0 heterocycles. The molecule has 0 saturated heterocycles. The van der Waals surface area contributed by atoms with Crippen molar-refractivity contribution in [3.8, 4) is 0 Å². The Bertz CT molecular complexity index is 139. The third-order valence-electron chi connectivity index (χ3n) is 1.54. The second kappa shape index (κ2) is 7.97. The summed E-state index contributed by atoms with van der Waals surface area (Å²) in [6.07, 6.45) is 3.05. The molecule has 0 aliphatic heterocycles. The van der Waals surface area contributed by atoms with Crippen molar-refractivity contribution < 1.29 is 9.53 Å². The number of nitrogens with two attached hydrogens (primary N) is 2. The van der Waals surface area contributed by atoms with E-state index >= 15 is 0 Å². The van der Waals surface area contributed by atoms with Gasteiger partial charge < -0.3 is 10.5 Å². The Hall–Kier alpha value is -0.650. The third-order valence-corrected chi connectivity index (χ3v) is 1.54. The van der Waals surface area contributed by atoms with Crippen molar-refractivity contribution in [2.24, 2.45) is 11.6 Å². The van der Waals surface area contributed by atoms with E-state index in [4.69, 9.17) is 16.3 Å². The van der Waals surface area contributed by atoms with Crippen molar-refractivity contribution in [2.75, 3.05) is 26.8 Å². The minimum Gasteiger partial charge on any atom is -0.372 e. The Balaban J connectivity index is 2.96. The molecular weight excluding hydrogens is 170 g/mol. The number of rotatable bonds is 8. The summed E-state index contributed by atoms with van der Waals surface area (Å²) in [4.78, 5) is 10.3. The van der Waals surface area contributed by atoms with Crippen LogP contribution in [-0.2, 0) is 9.53 Å². The average Bonchev–Trinajstić information content (AvgIpc) is 2.01. The van der Waals surface area contributed by atoms with Crippen LogP contribution in [0.25, 0.3) is 0 Å². The van der Waals surface area contributed by atoms with Gasteiger partial charge in [-0.3, -0.25) is 15.6 Å². The highest BCUT2D eigenvalue weighted by Gasteiger charge is 1.94. The maximum Gasteiger partial charge on any atom is 0.243 e. The summed E-state index contributed by atoms with van der Waals surface area (Å²) < 4.78 is 4.98. The Morgan fingerprint density at radius 3 is 2.62 bits per heavy atom. The van der Waals surface area contributed by atoms with Crippen LogP contribution in [0.5, 0.6) is 0 Å². The molecular formula is C8H19N3O2. The molecule has 0 rings (SSSR count). The SMILES string of the molecule is CN(N)CCCCCOCC(N)=O. The van der Waals surface area contributed by atoms with Gasteiger partial charge in [-0.25, -0.2) is 0 Å². The maximum absolute atomic E-state index is 10.3. The second-order valence-corrected chi connectivity index (χ2v) is 3.06. The lowest BCUT2D eigenvalue weighted by Gasteiger charge is -2.08. The third kappa shape index (κ3) is 11.3. The molecule has 0 fully saturated rings. The van der Waals surface area contributed by atoms with Crippen LogP contribution in [0.3, 0.4) is 0 Å². The minimum atomic E-state index is -0.415. The van der Waals surface area contributed by atoms with Crippen molar-refractivity contribution in [1.29, 1.82) is 0 Å². The van der Waals surface area contributed by atoms with E-state index in [0.29, 0.717) is 6.61 Å². The van der Waals surface area contributed by atoms with E-state index in [9.17, 15) is 4.79 Å². The average molecular weight is 189 g/mol. The first-order chi connectivity index (χ1) is 6.13. The Labute approximate surface area is 79.0 Å². The van der Waals surface area contributed by atoms with Crippen molar-refractivity contribution in [1.82, 2.24) is 5.01 Å². The van der Waals surface area contributed by atoms with Crippen molar-refractivity contribution in [3.05, 3.63) is 0 Å². The first kappa shape index (κ1) is 12.3. The van der Waals surface area contributed by atoms with E-state index in [1.165, 1.54) is 0 Å². The summed E-state index contributed by atoms with van der Waals surface area (Å²) in [5.41, 5.74) is 4.89. The quantitative estimate of drug-likeness (QED) is 0.305. The molecule has 0 spiro atoms. The fourth-order valence-corrected chi connectivity index (χ4v) is 0.915. The van der Waals surface area contributed by atoms with Crippen LogP contribution < -0.4 is 11.6 Å². The highest BCUT2D eigenvalue weighted by molar-refractivity contribution is 5.74. The van der Waals surface area contributed by atoms with Crippen LogP contribution in [-0.4, -0.2) is 37.7 Å². The number of primary amides is 1. The fourth-order valence-electron chi connectivity index (χ4n) is 0.915. The van der Waals surface area contributed by atoms with E-state index in [0.717, 1.165) is 25.8 Å². The van der Waals surface area contributed by atoms with E-state index in [1.807, 2.05) is 7.05 Å². The molecule has 0 aromatic heterocycles. The molecule has 0 unspecified atom stereocenters. The van der Waals surface area contributed by atoms with Crippen LogP contribution in [0.15, 0.2) is 0 Å². The standard InChI is InChI=1S/C8H19N3O2/c1-11(10)5-3-2-4-6-13-7-8(9)12/h2-7,10H2,1H3,(H2,9,12). The monoisotopic (exact) mass is 189 g/mol. The van der Waals surface area contributed by atoms with Gasteiger partial charge in [-0.15, -0.1) is 0 Å². The molecule has 0 bridgehead atoms. The van der Waals surface area contributed by atoms with Crippen LogP contribution >= 0.6 is 0 Å². The number of hydrogen-bond donors (Lipinski definition) is 2. The van der Waals surface area contributed by atoms with Gasteiger partial charge in [0.25, 0.3) is 0 Å². The predicted molar refractivity (Wildman–Crippen MR) is 50.7 cm³/mol. The van der Waals surface area contributed by atoms with Gasteiger partial charge in [-0.05, 0) is 19.3 Å². The zero-order valence-corrected chi connectivity index (χ0v) is 8.16. The smallest absolute Gasteiger partial charge is 0.243 e. The number of carbonyl (C=O) groups excluding carboxylic acids is 1. The van der Waals surface area contributed by atoms with E-state index in [-0.39, 0.29) is 6.61 Å². The number of hydrazine groups is 1. The number of hydrogen-bond acceptors (Lipinski definition) is 4. The Morgan fingerprint density at radius 2 is 2.08 bits per heavy atom. The second-order valence-electron chi connectivity index (χ2n) is 3.06. The van der Waals surface area contributed by atoms with Gasteiger partial charge >= 0.3 is 0 Å². The van der Waals surface area contributed by atoms with Gasteiger partial charge in [0.1, 0.15) is 6.61 Å². The summed E-state index contributed by atoms with van der Waals surface area (Å²) in [5.74, 6) is 5.00. The lowest BCUT2D eigenvalue weighted by Crippen LogP contribution is -2.26. The number of amides is 1. The van der Waals surface area contributed by atoms with E-state index in [2.05, 4.69) is 0 Å². The molecule has 5 heteroatoms. The molecule has 0 saturated carbocycles. The summed E-state index contributed by atoms with van der Waals surface area (Å²) in [6, 6.07) is 0. The lowest BCUT2D eigenvalue weighted by atomic mass is 10.2. The Morgan fingerprint density at radius 1 is 1.38 bits per heavy atom. The fraction of sp³-hybridized carbons (Fsp3) is 0.875. The van der Waals surface area contributed by atoms with Crippen molar-refractivity contribution in [2.45, 2.75) is 19.3 Å². The molecule has 4 N–H and O–H groups in total. The highest BCUT2D eigenvalue weighted by Crippen LogP contribution is 1.95. The van der Waals surface area contributed by atoms with Crippen LogP contribution in [0, 0.1) is 0 Å². The summed E-state index contributed by atoms with van der Waals surface area (Å²) in [5, 5.41) is 1.66. The van der Waals surface area contributed by atoms with Crippen LogP contribution in [0.1, 0.15) is 19.3 Å². The topological polar surface area (TPSA) is 81.6 Å². The molecule has 0 aliphatic rings. The molecule has 78 valence electrons. The van der Waals surface area contributed by atoms with Gasteiger partial charge in [0.15, 0.2) is 0 Å². The normalized spacial score (nSPS) is 10.7. The summed E-state index contributed by atoms with van der Waals surface area (Å²) in [7, 11) is 1.84. The van der Waals surface area contributed by atoms with Gasteiger partial charge in [0.05, 0.1) is 0 Å². The number of carbonyl (C=O) groups is 1. The van der Waals surface area contributed by atoms with Gasteiger partial charge in [-0.2, -0.15) is 0 Å². The van der Waals surface area contributed by atoms with E-state index in [1.54, 1.807) is 5.01 Å². The Kier molecular flexibility index (Phi) is 7.57. The first-order valence-corrected chi connectivity index (χ1v) is 4.45. The van der Waals surface area contributed by atoms with Gasteiger partial charge in [-0.1, -0.05) is 0 Å². The maximum atomic E-state index is 10.3. The largest absolute Gasteiger partial charge is 0.372 e. The predicted octanol–water partition coefficient (Wildman–Crippen LogP) is -0.536. The van der Waals surface area contributed by atoms with Gasteiger partial charge in [0, 0.05) is 20.2 Å². The molecule has 0 aromatic rings. The van der Waals surface area contributed by atoms with Crippen molar-refractivity contribution >= 4 is 5.91 Å². The molecule has 0 radical (unpaired) electrons. The molecule has 5 nitrogen and oxygen atoms in total. The van der Waals surface area contributed by atoms with E-state index < -0.39 is 5.91 Å². The molecule has 0 aromatic carbocycles. The van der Waals surface area contributed by atoms with Crippen molar-refractivity contribution in [3.63, 3.8) is 0 Å². The minimum absolute atomic E-state index is 0.0246. The molecule has 1 amide bonds. The number of nitrogens with zero attached hydrogens (tertiary/aromatic N) is 1. The zero-order valence-electron chi connectivity index (χ0n) is 8.16. The number of unbranched alkanes of at least 4 members (excludes halogenated alkanes) is 2. The number of ether oxygens (including phenoxy) is 1. The summed E-state index contributed by atoms with van der Waals surface area (Å²) in [6.45, 7) is 1.50. The molecule has 13 heavy (non-hydrogen) atoms. The molecule has 0 atom stereocenters. The first-order valence-electron chi connectivity index (χ1n) is 4.45. The van der Waals surface area contributed by atoms with Crippen LogP contribution in [0.4, 0.5) is 0 Å². The molecule has 0 aliphatic carbocycles. The highest BCUT2D eigenvalue weighted by atomic mass is 16.5. The van der Waals surface area contributed by atoms with Crippen LogP contribution in [0.2, 0.25) is 0 Å². The van der Waals surface area contributed by atoms with Gasteiger partial charge in [0.2, 0.25) is 5.91 Å². The zero-order chi connectivity index (χ0) is 10.1. The summed E-state index contributed by atoms with van der Waals surface area (Å²) >= 11 is 0. The lowest BCUT2D eigenvalue weighted by molar-refractivity contribution is -0.122.